The molecule has 1 amide bonds. The molecule has 0 unspecified atom stereocenters. The smallest absolute Gasteiger partial charge is 0.251 e. The Hall–Kier alpha value is -1.46. The van der Waals surface area contributed by atoms with Crippen molar-refractivity contribution < 1.29 is 9.90 Å². The van der Waals surface area contributed by atoms with Crippen molar-refractivity contribution in [3.63, 3.8) is 0 Å². The highest BCUT2D eigenvalue weighted by Crippen LogP contribution is 2.19. The number of rotatable bonds is 4. The van der Waals surface area contributed by atoms with Gasteiger partial charge in [-0.1, -0.05) is 0 Å². The van der Waals surface area contributed by atoms with Crippen LogP contribution < -0.4 is 5.32 Å². The van der Waals surface area contributed by atoms with Crippen LogP contribution in [0.5, 0.6) is 0 Å². The van der Waals surface area contributed by atoms with Crippen molar-refractivity contribution in [3.8, 4) is 0 Å². The van der Waals surface area contributed by atoms with Crippen LogP contribution in [0, 0.1) is 0 Å². The van der Waals surface area contributed by atoms with Crippen LogP contribution in [-0.2, 0) is 0 Å². The third-order valence-electron chi connectivity index (χ3n) is 2.78. The second-order valence-electron chi connectivity index (χ2n) is 4.85. The zero-order valence-corrected chi connectivity index (χ0v) is 11.3. The maximum atomic E-state index is 12.1. The molecule has 4 nitrogen and oxygen atoms in total. The van der Waals surface area contributed by atoms with E-state index in [1.54, 1.807) is 11.6 Å². The van der Waals surface area contributed by atoms with E-state index in [9.17, 15) is 4.79 Å². The van der Waals surface area contributed by atoms with Crippen LogP contribution in [0.1, 0.15) is 30.6 Å². The average Bonchev–Trinajstić information content (AvgIpc) is 2.74. The zero-order valence-electron chi connectivity index (χ0n) is 10.4. The minimum atomic E-state index is -0.408. The van der Waals surface area contributed by atoms with Gasteiger partial charge in [0.25, 0.3) is 5.91 Å². The second-order valence-corrected chi connectivity index (χ2v) is 5.73. The first-order valence-electron chi connectivity index (χ1n) is 5.78. The van der Waals surface area contributed by atoms with Crippen molar-refractivity contribution in [1.82, 2.24) is 10.3 Å². The molecule has 1 aromatic carbocycles. The monoisotopic (exact) mass is 264 g/mol. The zero-order chi connectivity index (χ0) is 13.2. The van der Waals surface area contributed by atoms with Crippen molar-refractivity contribution in [2.24, 2.45) is 0 Å². The molecule has 0 atom stereocenters. The summed E-state index contributed by atoms with van der Waals surface area (Å²) in [5.41, 5.74) is 2.89. The number of amides is 1. The molecular weight excluding hydrogens is 248 g/mol. The lowest BCUT2D eigenvalue weighted by Crippen LogP contribution is -2.44. The van der Waals surface area contributed by atoms with Crippen LogP contribution in [0.2, 0.25) is 0 Å². The molecule has 0 bridgehead atoms. The third-order valence-corrected chi connectivity index (χ3v) is 3.57. The molecule has 0 saturated heterocycles. The van der Waals surface area contributed by atoms with Crippen LogP contribution in [-0.4, -0.2) is 28.1 Å². The summed E-state index contributed by atoms with van der Waals surface area (Å²) < 4.78 is 1.00. The maximum Gasteiger partial charge on any atom is 0.251 e. The normalized spacial score (nSPS) is 11.7. The summed E-state index contributed by atoms with van der Waals surface area (Å²) in [4.78, 5) is 16.3. The molecule has 2 rings (SSSR count). The van der Waals surface area contributed by atoms with Gasteiger partial charge in [0.2, 0.25) is 0 Å². The summed E-state index contributed by atoms with van der Waals surface area (Å²) in [5.74, 6) is -0.122. The molecule has 0 fully saturated rings. The predicted octanol–water partition coefficient (Wildman–Crippen LogP) is 2.19. The molecule has 0 aliphatic carbocycles. The topological polar surface area (TPSA) is 62.2 Å². The van der Waals surface area contributed by atoms with E-state index in [1.165, 1.54) is 11.3 Å². The highest BCUT2D eigenvalue weighted by atomic mass is 32.1. The van der Waals surface area contributed by atoms with Crippen molar-refractivity contribution in [1.29, 1.82) is 0 Å². The molecule has 1 heterocycles. The first-order valence-corrected chi connectivity index (χ1v) is 6.66. The van der Waals surface area contributed by atoms with Gasteiger partial charge in [-0.2, -0.15) is 0 Å². The van der Waals surface area contributed by atoms with Crippen LogP contribution in [0.4, 0.5) is 0 Å². The SMILES string of the molecule is CC(C)(CCO)NC(=O)c1ccc2ncsc2c1. The molecule has 2 N–H and O–H groups in total. The molecule has 5 heteroatoms. The minimum Gasteiger partial charge on any atom is -0.396 e. The molecule has 0 spiro atoms. The summed E-state index contributed by atoms with van der Waals surface area (Å²) >= 11 is 1.52. The summed E-state index contributed by atoms with van der Waals surface area (Å²) in [6.45, 7) is 3.85. The lowest BCUT2D eigenvalue weighted by atomic mass is 10.0. The van der Waals surface area contributed by atoms with E-state index in [4.69, 9.17) is 5.11 Å². The summed E-state index contributed by atoms with van der Waals surface area (Å²) in [6, 6.07) is 5.46. The first kappa shape index (κ1) is 13.0. The average molecular weight is 264 g/mol. The largest absolute Gasteiger partial charge is 0.396 e. The lowest BCUT2D eigenvalue weighted by Gasteiger charge is -2.25. The van der Waals surface area contributed by atoms with Crippen molar-refractivity contribution in [2.75, 3.05) is 6.61 Å². The molecule has 96 valence electrons. The van der Waals surface area contributed by atoms with Gasteiger partial charge in [0.1, 0.15) is 0 Å². The van der Waals surface area contributed by atoms with Gasteiger partial charge in [-0.05, 0) is 38.5 Å². The number of nitrogens with one attached hydrogen (secondary N) is 1. The van der Waals surface area contributed by atoms with Crippen molar-refractivity contribution in [2.45, 2.75) is 25.8 Å². The minimum absolute atomic E-state index is 0.0567. The van der Waals surface area contributed by atoms with Gasteiger partial charge < -0.3 is 10.4 Å². The number of carbonyl (C=O) groups excluding carboxylic acids is 1. The van der Waals surface area contributed by atoms with Gasteiger partial charge in [0.15, 0.2) is 0 Å². The van der Waals surface area contributed by atoms with E-state index in [0.29, 0.717) is 12.0 Å². The van der Waals surface area contributed by atoms with Crippen LogP contribution >= 0.6 is 11.3 Å². The van der Waals surface area contributed by atoms with Crippen molar-refractivity contribution >= 4 is 27.5 Å². The lowest BCUT2D eigenvalue weighted by molar-refractivity contribution is 0.0899. The Morgan fingerprint density at radius 1 is 1.50 bits per heavy atom. The fourth-order valence-corrected chi connectivity index (χ4v) is 2.43. The van der Waals surface area contributed by atoms with Gasteiger partial charge >= 0.3 is 0 Å². The van der Waals surface area contributed by atoms with E-state index in [0.717, 1.165) is 10.2 Å². The summed E-state index contributed by atoms with van der Waals surface area (Å²) in [5, 5.41) is 11.9. The number of hydrogen-bond acceptors (Lipinski definition) is 4. The molecule has 0 saturated carbocycles. The van der Waals surface area contributed by atoms with Crippen LogP contribution in [0.25, 0.3) is 10.2 Å². The molecular formula is C13H16N2O2S. The van der Waals surface area contributed by atoms with Crippen LogP contribution in [0.3, 0.4) is 0 Å². The quantitative estimate of drug-likeness (QED) is 0.889. The molecule has 0 aliphatic heterocycles. The number of carbonyl (C=O) groups is 1. The number of thiazole rings is 1. The standard InChI is InChI=1S/C13H16N2O2S/c1-13(2,5-6-16)15-12(17)9-3-4-10-11(7-9)18-8-14-10/h3-4,7-8,16H,5-6H2,1-2H3,(H,15,17). The van der Waals surface area contributed by atoms with Crippen LogP contribution in [0.15, 0.2) is 23.7 Å². The van der Waals surface area contributed by atoms with Gasteiger partial charge in [-0.3, -0.25) is 4.79 Å². The number of nitrogens with zero attached hydrogens (tertiary/aromatic N) is 1. The Kier molecular flexibility index (Phi) is 3.63. The molecule has 1 aromatic heterocycles. The van der Waals surface area contributed by atoms with Crippen molar-refractivity contribution in [3.05, 3.63) is 29.3 Å². The van der Waals surface area contributed by atoms with E-state index in [-0.39, 0.29) is 12.5 Å². The van der Waals surface area contributed by atoms with Gasteiger partial charge in [0, 0.05) is 17.7 Å². The Morgan fingerprint density at radius 3 is 3.00 bits per heavy atom. The number of benzene rings is 1. The number of fused-ring (bicyclic) bond motifs is 1. The molecule has 2 aromatic rings. The molecule has 0 radical (unpaired) electrons. The van der Waals surface area contributed by atoms with Gasteiger partial charge in [-0.25, -0.2) is 4.98 Å². The maximum absolute atomic E-state index is 12.1. The summed E-state index contributed by atoms with van der Waals surface area (Å²) in [6.07, 6.45) is 0.529. The Balaban J connectivity index is 2.17. The number of hydrogen-bond donors (Lipinski definition) is 2. The molecule has 18 heavy (non-hydrogen) atoms. The Morgan fingerprint density at radius 2 is 2.28 bits per heavy atom. The molecule has 0 aliphatic rings. The number of aliphatic hydroxyl groups is 1. The highest BCUT2D eigenvalue weighted by Gasteiger charge is 2.20. The number of aliphatic hydroxyl groups excluding tert-OH is 1. The Bertz CT molecular complexity index is 563. The first-order chi connectivity index (χ1) is 8.52. The van der Waals surface area contributed by atoms with E-state index < -0.39 is 5.54 Å². The predicted molar refractivity (Wildman–Crippen MR) is 72.9 cm³/mol. The third kappa shape index (κ3) is 2.86. The van der Waals surface area contributed by atoms with Gasteiger partial charge in [-0.15, -0.1) is 11.3 Å². The van der Waals surface area contributed by atoms with E-state index in [2.05, 4.69) is 10.3 Å². The fourth-order valence-electron chi connectivity index (χ4n) is 1.72. The number of aromatic nitrogens is 1. The highest BCUT2D eigenvalue weighted by molar-refractivity contribution is 7.16. The van der Waals surface area contributed by atoms with Gasteiger partial charge in [0.05, 0.1) is 15.7 Å². The van der Waals surface area contributed by atoms with E-state index >= 15 is 0 Å². The fraction of sp³-hybridized carbons (Fsp3) is 0.385. The Labute approximate surface area is 110 Å². The summed E-state index contributed by atoms with van der Waals surface area (Å²) in [7, 11) is 0. The second kappa shape index (κ2) is 5.04. The van der Waals surface area contributed by atoms with E-state index in [1.807, 2.05) is 26.0 Å².